The Kier molecular flexibility index (Phi) is 5.38. The van der Waals surface area contributed by atoms with Gasteiger partial charge in [-0.25, -0.2) is 4.98 Å². The highest BCUT2D eigenvalue weighted by molar-refractivity contribution is 7.13. The molecule has 1 aromatic heterocycles. The first kappa shape index (κ1) is 18.1. The van der Waals surface area contributed by atoms with E-state index in [0.29, 0.717) is 11.6 Å². The molecule has 4 nitrogen and oxygen atoms in total. The zero-order chi connectivity index (χ0) is 18.7. The van der Waals surface area contributed by atoms with Crippen molar-refractivity contribution >= 4 is 17.3 Å². The molecule has 3 rings (SSSR count). The van der Waals surface area contributed by atoms with Crippen LogP contribution in [0.15, 0.2) is 47.8 Å². The Bertz CT molecular complexity index is 913. The Labute approximate surface area is 157 Å². The molecule has 3 aromatic rings. The van der Waals surface area contributed by atoms with Crippen LogP contribution in [0.2, 0.25) is 0 Å². The molecule has 134 valence electrons. The van der Waals surface area contributed by atoms with Crippen LogP contribution in [0.25, 0.3) is 10.6 Å². The van der Waals surface area contributed by atoms with Gasteiger partial charge in [-0.05, 0) is 60.4 Å². The number of benzene rings is 2. The Morgan fingerprint density at radius 1 is 1.15 bits per heavy atom. The Morgan fingerprint density at radius 3 is 2.46 bits per heavy atom. The number of thiazole rings is 1. The van der Waals surface area contributed by atoms with Gasteiger partial charge in [0.1, 0.15) is 16.5 Å². The van der Waals surface area contributed by atoms with E-state index in [4.69, 9.17) is 9.84 Å². The van der Waals surface area contributed by atoms with E-state index in [1.807, 2.05) is 30.3 Å². The fourth-order valence-corrected chi connectivity index (χ4v) is 3.66. The molecule has 0 unspecified atom stereocenters. The van der Waals surface area contributed by atoms with Crippen LogP contribution in [0.4, 0.5) is 0 Å². The van der Waals surface area contributed by atoms with Crippen LogP contribution in [0.3, 0.4) is 0 Å². The number of hydrogen-bond acceptors (Lipinski definition) is 4. The molecule has 0 atom stereocenters. The predicted molar refractivity (Wildman–Crippen MR) is 104 cm³/mol. The molecule has 0 fully saturated rings. The van der Waals surface area contributed by atoms with Gasteiger partial charge in [-0.2, -0.15) is 0 Å². The van der Waals surface area contributed by atoms with Crippen molar-refractivity contribution in [2.24, 2.45) is 0 Å². The number of aliphatic carboxylic acids is 1. The number of nitrogens with zero attached hydrogens (tertiary/aromatic N) is 1. The summed E-state index contributed by atoms with van der Waals surface area (Å²) in [6.45, 7) is 6.46. The topological polar surface area (TPSA) is 59.4 Å². The highest BCUT2D eigenvalue weighted by atomic mass is 32.1. The maximum Gasteiger partial charge on any atom is 0.309 e. The van der Waals surface area contributed by atoms with E-state index in [1.54, 1.807) is 5.38 Å². The van der Waals surface area contributed by atoms with E-state index < -0.39 is 5.97 Å². The third kappa shape index (κ3) is 4.29. The number of aromatic nitrogens is 1. The number of carboxylic acids is 1. The third-order valence-corrected chi connectivity index (χ3v) is 5.02. The maximum atomic E-state index is 10.8. The zero-order valence-corrected chi connectivity index (χ0v) is 15.8. The molecule has 0 radical (unpaired) electrons. The zero-order valence-electron chi connectivity index (χ0n) is 15.0. The molecule has 0 saturated heterocycles. The molecular formula is C21H21NO3S. The second kappa shape index (κ2) is 7.70. The summed E-state index contributed by atoms with van der Waals surface area (Å²) in [5, 5.41) is 11.4. The van der Waals surface area contributed by atoms with Crippen LogP contribution in [0.1, 0.15) is 36.6 Å². The second-order valence-electron chi connectivity index (χ2n) is 6.51. The number of carboxylic acid groups (broad SMARTS) is 1. The van der Waals surface area contributed by atoms with Crippen molar-refractivity contribution in [3.63, 3.8) is 0 Å². The summed E-state index contributed by atoms with van der Waals surface area (Å²) in [4.78, 5) is 15.1. The van der Waals surface area contributed by atoms with Crippen molar-refractivity contribution in [3.05, 3.63) is 64.7 Å². The van der Waals surface area contributed by atoms with Crippen molar-refractivity contribution in [1.29, 1.82) is 0 Å². The average molecular weight is 367 g/mol. The molecule has 2 aromatic carbocycles. The molecule has 0 aliphatic carbocycles. The summed E-state index contributed by atoms with van der Waals surface area (Å²) < 4.78 is 5.95. The minimum absolute atomic E-state index is 0.0522. The van der Waals surface area contributed by atoms with Gasteiger partial charge in [-0.15, -0.1) is 11.3 Å². The lowest BCUT2D eigenvalue weighted by Gasteiger charge is -2.12. The molecule has 0 aliphatic heterocycles. The first-order valence-electron chi connectivity index (χ1n) is 8.47. The fraction of sp³-hybridized carbons (Fsp3) is 0.238. The van der Waals surface area contributed by atoms with Gasteiger partial charge in [0, 0.05) is 10.9 Å². The number of ether oxygens (including phenoxy) is 1. The van der Waals surface area contributed by atoms with E-state index in [0.717, 1.165) is 22.1 Å². The normalized spacial score (nSPS) is 10.9. The molecule has 0 spiro atoms. The van der Waals surface area contributed by atoms with Crippen molar-refractivity contribution in [3.8, 4) is 22.1 Å². The molecule has 1 heterocycles. The van der Waals surface area contributed by atoms with Crippen LogP contribution in [-0.2, 0) is 11.2 Å². The van der Waals surface area contributed by atoms with Gasteiger partial charge in [0.25, 0.3) is 0 Å². The van der Waals surface area contributed by atoms with E-state index in [2.05, 4.69) is 37.9 Å². The van der Waals surface area contributed by atoms with E-state index in [-0.39, 0.29) is 6.42 Å². The lowest BCUT2D eigenvalue weighted by molar-refractivity contribution is -0.136. The molecule has 0 bridgehead atoms. The summed E-state index contributed by atoms with van der Waals surface area (Å²) in [5.41, 5.74) is 4.08. The van der Waals surface area contributed by atoms with Crippen molar-refractivity contribution < 1.29 is 14.6 Å². The molecule has 5 heteroatoms. The van der Waals surface area contributed by atoms with Gasteiger partial charge in [0.15, 0.2) is 0 Å². The number of hydrogen-bond donors (Lipinski definition) is 1. The summed E-state index contributed by atoms with van der Waals surface area (Å²) in [6, 6.07) is 13.8. The molecule has 0 aliphatic rings. The SMILES string of the molecule is Cc1cc(Oc2ccc(-c3nc(CC(=O)O)cs3)cc2)ccc1C(C)C. The highest BCUT2D eigenvalue weighted by Crippen LogP contribution is 2.30. The van der Waals surface area contributed by atoms with Crippen LogP contribution in [-0.4, -0.2) is 16.1 Å². The smallest absolute Gasteiger partial charge is 0.309 e. The summed E-state index contributed by atoms with van der Waals surface area (Å²) in [5.74, 6) is 1.20. The summed E-state index contributed by atoms with van der Waals surface area (Å²) in [6.07, 6.45) is -0.0522. The lowest BCUT2D eigenvalue weighted by atomic mass is 9.98. The minimum Gasteiger partial charge on any atom is -0.481 e. The van der Waals surface area contributed by atoms with Crippen molar-refractivity contribution in [2.45, 2.75) is 33.1 Å². The van der Waals surface area contributed by atoms with Gasteiger partial charge in [-0.1, -0.05) is 19.9 Å². The van der Waals surface area contributed by atoms with Crippen LogP contribution in [0.5, 0.6) is 11.5 Å². The fourth-order valence-electron chi connectivity index (χ4n) is 2.84. The molecule has 0 saturated carbocycles. The van der Waals surface area contributed by atoms with Crippen LogP contribution >= 0.6 is 11.3 Å². The number of carbonyl (C=O) groups is 1. The highest BCUT2D eigenvalue weighted by Gasteiger charge is 2.09. The Morgan fingerprint density at radius 2 is 1.85 bits per heavy atom. The van der Waals surface area contributed by atoms with Gasteiger partial charge in [0.2, 0.25) is 0 Å². The van der Waals surface area contributed by atoms with Gasteiger partial charge in [0.05, 0.1) is 12.1 Å². The number of aryl methyl sites for hydroxylation is 1. The monoisotopic (exact) mass is 367 g/mol. The van der Waals surface area contributed by atoms with Gasteiger partial charge >= 0.3 is 5.97 Å². The van der Waals surface area contributed by atoms with Crippen molar-refractivity contribution in [2.75, 3.05) is 0 Å². The summed E-state index contributed by atoms with van der Waals surface area (Å²) in [7, 11) is 0. The quantitative estimate of drug-likeness (QED) is 0.610. The second-order valence-corrected chi connectivity index (χ2v) is 7.37. The van der Waals surface area contributed by atoms with E-state index in [1.165, 1.54) is 22.5 Å². The van der Waals surface area contributed by atoms with Gasteiger partial charge < -0.3 is 9.84 Å². The largest absolute Gasteiger partial charge is 0.481 e. The standard InChI is InChI=1S/C21H21NO3S/c1-13(2)19-9-8-18(10-14(19)3)25-17-6-4-15(5-7-17)21-22-16(12-26-21)11-20(23)24/h4-10,12-13H,11H2,1-3H3,(H,23,24). The Hall–Kier alpha value is -2.66. The molecule has 0 amide bonds. The minimum atomic E-state index is -0.871. The lowest BCUT2D eigenvalue weighted by Crippen LogP contribution is -1.99. The summed E-state index contributed by atoms with van der Waals surface area (Å²) >= 11 is 1.45. The van der Waals surface area contributed by atoms with E-state index >= 15 is 0 Å². The molecular weight excluding hydrogens is 346 g/mol. The maximum absolute atomic E-state index is 10.8. The predicted octanol–water partition coefficient (Wildman–Crippen LogP) is 5.66. The molecule has 1 N–H and O–H groups in total. The number of rotatable bonds is 6. The third-order valence-electron chi connectivity index (χ3n) is 4.08. The van der Waals surface area contributed by atoms with Crippen LogP contribution < -0.4 is 4.74 Å². The van der Waals surface area contributed by atoms with E-state index in [9.17, 15) is 4.79 Å². The Balaban J connectivity index is 1.72. The van der Waals surface area contributed by atoms with Crippen LogP contribution in [0, 0.1) is 6.92 Å². The average Bonchev–Trinajstić information content (AvgIpc) is 3.03. The molecule has 26 heavy (non-hydrogen) atoms. The first-order chi connectivity index (χ1) is 12.4. The van der Waals surface area contributed by atoms with Crippen molar-refractivity contribution in [1.82, 2.24) is 4.98 Å². The first-order valence-corrected chi connectivity index (χ1v) is 9.35. The van der Waals surface area contributed by atoms with Gasteiger partial charge in [-0.3, -0.25) is 4.79 Å².